The number of rotatable bonds is 26. The molecule has 1 aliphatic heterocycles. The lowest BCUT2D eigenvalue weighted by atomic mass is 10.0. The number of carbonyl (C=O) groups excluding carboxylic acids is 1. The van der Waals surface area contributed by atoms with Crippen molar-refractivity contribution in [1.29, 1.82) is 0 Å². The number of carbonyl (C=O) groups is 1. The number of nitrogens with one attached hydrogen (secondary N) is 1. The van der Waals surface area contributed by atoms with E-state index >= 15 is 0 Å². The summed E-state index contributed by atoms with van der Waals surface area (Å²) >= 11 is 0. The highest BCUT2D eigenvalue weighted by Gasteiger charge is 2.39. The summed E-state index contributed by atoms with van der Waals surface area (Å²) in [6, 6.07) is 0. The molecule has 0 aliphatic carbocycles. The first-order valence-corrected chi connectivity index (χ1v) is 21.0. The van der Waals surface area contributed by atoms with Crippen LogP contribution in [0.4, 0.5) is 4.79 Å². The summed E-state index contributed by atoms with van der Waals surface area (Å²) in [5.41, 5.74) is 0. The molecule has 1 heterocycles. The summed E-state index contributed by atoms with van der Waals surface area (Å²) in [4.78, 5) is 14.9. The Balaban J connectivity index is 2.25. The fraction of sp³-hybridized carbons (Fsp3) is 0.971. The van der Waals surface area contributed by atoms with Crippen LogP contribution in [-0.2, 0) is 18.6 Å². The van der Waals surface area contributed by atoms with E-state index in [2.05, 4.69) is 57.9 Å². The van der Waals surface area contributed by atoms with E-state index in [1.807, 2.05) is 0 Å². The third kappa shape index (κ3) is 20.9. The van der Waals surface area contributed by atoms with Crippen LogP contribution in [0.2, 0.25) is 18.1 Å². The van der Waals surface area contributed by atoms with Gasteiger partial charge in [0.05, 0.1) is 25.9 Å². The van der Waals surface area contributed by atoms with Crippen LogP contribution in [-0.4, -0.2) is 84.1 Å². The van der Waals surface area contributed by atoms with Gasteiger partial charge in [-0.3, -0.25) is 4.90 Å². The second-order valence-electron chi connectivity index (χ2n) is 14.3. The fourth-order valence-corrected chi connectivity index (χ4v) is 6.66. The molecule has 0 saturated carbocycles. The van der Waals surface area contributed by atoms with E-state index in [9.17, 15) is 4.79 Å². The normalized spacial score (nSPS) is 16.3. The Labute approximate surface area is 268 Å². The van der Waals surface area contributed by atoms with E-state index in [1.165, 1.54) is 51.4 Å². The maximum atomic E-state index is 12.4. The Morgan fingerprint density at radius 1 is 0.814 bits per heavy atom. The minimum absolute atomic E-state index is 0.00861. The maximum absolute atomic E-state index is 12.4. The lowest BCUT2D eigenvalue weighted by molar-refractivity contribution is 0.0154. The average Bonchev–Trinajstić information content (AvgIpc) is 2.95. The first-order chi connectivity index (χ1) is 20.6. The highest BCUT2D eigenvalue weighted by Crippen LogP contribution is 2.37. The van der Waals surface area contributed by atoms with E-state index in [0.717, 1.165) is 97.3 Å². The zero-order chi connectivity index (χ0) is 31.8. The van der Waals surface area contributed by atoms with Crippen LogP contribution in [0.1, 0.15) is 137 Å². The third-order valence-corrected chi connectivity index (χ3v) is 13.7. The van der Waals surface area contributed by atoms with E-state index in [4.69, 9.17) is 18.6 Å². The Kier molecular flexibility index (Phi) is 23.0. The average molecular weight is 629 g/mol. The van der Waals surface area contributed by atoms with Gasteiger partial charge < -0.3 is 24.0 Å². The van der Waals surface area contributed by atoms with Crippen LogP contribution in [0, 0.1) is 0 Å². The van der Waals surface area contributed by atoms with Crippen LogP contribution in [0.5, 0.6) is 0 Å². The molecule has 0 amide bonds. The lowest BCUT2D eigenvalue weighted by Gasteiger charge is -2.41. The predicted molar refractivity (Wildman–Crippen MR) is 184 cm³/mol. The zero-order valence-corrected chi connectivity index (χ0v) is 30.6. The standard InChI is InChI=1S/C35H72N2O5Si/c1-8-10-12-14-15-19-23-32(22-18-13-11-9-2)41-34(38)40-27-21-17-16-20-24-36-30-33(31-37-25-28-39-29-26-37)42-43(6,7)35(3,4)5/h32-33,36H,8-31H2,1-7H3. The molecule has 0 aromatic carbocycles. The molecule has 43 heavy (non-hydrogen) atoms. The lowest BCUT2D eigenvalue weighted by Crippen LogP contribution is -2.51. The smallest absolute Gasteiger partial charge is 0.434 e. The van der Waals surface area contributed by atoms with Crippen LogP contribution in [0.3, 0.4) is 0 Å². The zero-order valence-electron chi connectivity index (χ0n) is 29.6. The summed E-state index contributed by atoms with van der Waals surface area (Å²) < 4.78 is 23.6. The Hall–Kier alpha value is -0.673. The number of unbranched alkanes of at least 4 members (excludes halogenated alkanes) is 11. The Morgan fingerprint density at radius 2 is 1.37 bits per heavy atom. The summed E-state index contributed by atoms with van der Waals surface area (Å²) in [5.74, 6) is 0. The summed E-state index contributed by atoms with van der Waals surface area (Å²) in [6.07, 6.45) is 18.3. The Morgan fingerprint density at radius 3 is 2.00 bits per heavy atom. The topological polar surface area (TPSA) is 69.3 Å². The number of hydrogen-bond donors (Lipinski definition) is 1. The number of nitrogens with zero attached hydrogens (tertiary/aromatic N) is 1. The second-order valence-corrected chi connectivity index (χ2v) is 19.0. The van der Waals surface area contributed by atoms with Crippen molar-refractivity contribution in [2.24, 2.45) is 0 Å². The van der Waals surface area contributed by atoms with Crippen molar-refractivity contribution in [2.45, 2.75) is 168 Å². The largest absolute Gasteiger partial charge is 0.508 e. The van der Waals surface area contributed by atoms with E-state index < -0.39 is 14.5 Å². The summed E-state index contributed by atoms with van der Waals surface area (Å²) in [5, 5.41) is 3.87. The van der Waals surface area contributed by atoms with Gasteiger partial charge in [-0.2, -0.15) is 0 Å². The molecule has 1 saturated heterocycles. The van der Waals surface area contributed by atoms with Gasteiger partial charge in [-0.05, 0) is 63.2 Å². The van der Waals surface area contributed by atoms with E-state index in [-0.39, 0.29) is 17.2 Å². The van der Waals surface area contributed by atoms with E-state index in [0.29, 0.717) is 6.61 Å². The number of morpholine rings is 1. The SMILES string of the molecule is CCCCCCCCC(CCCCCC)OC(=O)OCCCCCCNCC(CN1CCOCC1)O[Si](C)(C)C(C)(C)C. The van der Waals surface area contributed by atoms with Gasteiger partial charge in [-0.15, -0.1) is 0 Å². The van der Waals surface area contributed by atoms with Gasteiger partial charge in [0.25, 0.3) is 0 Å². The van der Waals surface area contributed by atoms with Crippen LogP contribution < -0.4 is 5.32 Å². The van der Waals surface area contributed by atoms with Gasteiger partial charge in [0.1, 0.15) is 6.10 Å². The first kappa shape index (κ1) is 40.4. The molecule has 1 aliphatic rings. The van der Waals surface area contributed by atoms with Gasteiger partial charge in [0.15, 0.2) is 8.32 Å². The molecule has 1 fully saturated rings. The number of hydrogen-bond acceptors (Lipinski definition) is 7. The van der Waals surface area contributed by atoms with Gasteiger partial charge in [-0.25, -0.2) is 4.79 Å². The quantitative estimate of drug-likeness (QED) is 0.0582. The molecule has 0 aromatic rings. The molecule has 1 rings (SSSR count). The first-order valence-electron chi connectivity index (χ1n) is 18.1. The van der Waals surface area contributed by atoms with Crippen LogP contribution >= 0.6 is 0 Å². The predicted octanol–water partition coefficient (Wildman–Crippen LogP) is 9.10. The molecule has 8 heteroatoms. The Bertz CT molecular complexity index is 667. The van der Waals surface area contributed by atoms with Crippen molar-refractivity contribution in [3.63, 3.8) is 0 Å². The minimum atomic E-state index is -1.84. The molecule has 1 N–H and O–H groups in total. The van der Waals surface area contributed by atoms with Crippen LogP contribution in [0.25, 0.3) is 0 Å². The van der Waals surface area contributed by atoms with Crippen molar-refractivity contribution < 1.29 is 23.4 Å². The number of ether oxygens (including phenoxy) is 3. The molecule has 256 valence electrons. The second kappa shape index (κ2) is 24.5. The van der Waals surface area contributed by atoms with Gasteiger partial charge >= 0.3 is 6.16 Å². The highest BCUT2D eigenvalue weighted by atomic mass is 28.4. The van der Waals surface area contributed by atoms with Gasteiger partial charge in [0.2, 0.25) is 0 Å². The van der Waals surface area contributed by atoms with Crippen molar-refractivity contribution >= 4 is 14.5 Å². The van der Waals surface area contributed by atoms with Gasteiger partial charge in [-0.1, -0.05) is 98.8 Å². The van der Waals surface area contributed by atoms with Gasteiger partial charge in [0, 0.05) is 26.2 Å². The van der Waals surface area contributed by atoms with Crippen molar-refractivity contribution in [2.75, 3.05) is 52.5 Å². The van der Waals surface area contributed by atoms with Crippen molar-refractivity contribution in [3.05, 3.63) is 0 Å². The molecule has 2 unspecified atom stereocenters. The molecule has 0 spiro atoms. The summed E-state index contributed by atoms with van der Waals surface area (Å²) in [6.45, 7) is 23.0. The summed E-state index contributed by atoms with van der Waals surface area (Å²) in [7, 11) is -1.84. The molecule has 2 atom stereocenters. The fourth-order valence-electron chi connectivity index (χ4n) is 5.32. The molecule has 7 nitrogen and oxygen atoms in total. The van der Waals surface area contributed by atoms with Crippen molar-refractivity contribution in [1.82, 2.24) is 10.2 Å². The molecular formula is C35H72N2O5Si. The maximum Gasteiger partial charge on any atom is 0.508 e. The van der Waals surface area contributed by atoms with Crippen molar-refractivity contribution in [3.8, 4) is 0 Å². The molecule has 0 radical (unpaired) electrons. The monoisotopic (exact) mass is 629 g/mol. The molecular weight excluding hydrogens is 556 g/mol. The molecule has 0 aromatic heterocycles. The molecule has 0 bridgehead atoms. The van der Waals surface area contributed by atoms with Crippen LogP contribution in [0.15, 0.2) is 0 Å². The minimum Gasteiger partial charge on any atom is -0.434 e. The highest BCUT2D eigenvalue weighted by molar-refractivity contribution is 6.74. The van der Waals surface area contributed by atoms with E-state index in [1.54, 1.807) is 0 Å². The third-order valence-electron chi connectivity index (χ3n) is 9.20.